The Hall–Kier alpha value is -2.60. The first-order valence-corrected chi connectivity index (χ1v) is 6.43. The Morgan fingerprint density at radius 2 is 1.86 bits per heavy atom. The van der Waals surface area contributed by atoms with Crippen LogP contribution in [0.1, 0.15) is 6.92 Å². The Balaban J connectivity index is 2.47. The molecule has 0 saturated heterocycles. The van der Waals surface area contributed by atoms with Crippen LogP contribution in [0.2, 0.25) is 5.02 Å². The van der Waals surface area contributed by atoms with Gasteiger partial charge in [-0.05, 0) is 24.3 Å². The van der Waals surface area contributed by atoms with E-state index in [9.17, 15) is 14.9 Å². The first-order valence-electron chi connectivity index (χ1n) is 6.05. The van der Waals surface area contributed by atoms with Gasteiger partial charge < -0.3 is 10.6 Å². The maximum Gasteiger partial charge on any atom is 0.311 e. The van der Waals surface area contributed by atoms with Gasteiger partial charge in [0.05, 0.1) is 4.92 Å². The van der Waals surface area contributed by atoms with Crippen molar-refractivity contribution in [3.05, 3.63) is 57.6 Å². The Kier molecular flexibility index (Phi) is 4.39. The largest absolute Gasteiger partial charge is 0.350 e. The maximum absolute atomic E-state index is 11.2. The molecule has 0 spiro atoms. The minimum Gasteiger partial charge on any atom is -0.350 e. The third-order valence-electron chi connectivity index (χ3n) is 2.62. The van der Waals surface area contributed by atoms with Crippen LogP contribution in [-0.4, -0.2) is 10.8 Å². The third-order valence-corrected chi connectivity index (χ3v) is 2.91. The predicted octanol–water partition coefficient (Wildman–Crippen LogP) is 3.95. The quantitative estimate of drug-likeness (QED) is 0.661. The fourth-order valence-electron chi connectivity index (χ4n) is 1.83. The van der Waals surface area contributed by atoms with Gasteiger partial charge in [0.15, 0.2) is 0 Å². The van der Waals surface area contributed by atoms with Crippen molar-refractivity contribution in [3.63, 3.8) is 0 Å². The molecule has 0 unspecified atom stereocenters. The van der Waals surface area contributed by atoms with Crippen LogP contribution >= 0.6 is 11.6 Å². The van der Waals surface area contributed by atoms with Crippen molar-refractivity contribution in [2.45, 2.75) is 6.92 Å². The molecule has 1 amide bonds. The van der Waals surface area contributed by atoms with Crippen LogP contribution < -0.4 is 10.6 Å². The van der Waals surface area contributed by atoms with Gasteiger partial charge in [-0.15, -0.1) is 0 Å². The smallest absolute Gasteiger partial charge is 0.311 e. The lowest BCUT2D eigenvalue weighted by atomic mass is 10.2. The summed E-state index contributed by atoms with van der Waals surface area (Å²) in [6.07, 6.45) is 0. The molecule has 0 bridgehead atoms. The molecule has 2 aromatic rings. The second-order valence-corrected chi connectivity index (χ2v) is 4.69. The number of amides is 1. The zero-order chi connectivity index (χ0) is 15.4. The van der Waals surface area contributed by atoms with Gasteiger partial charge in [0.25, 0.3) is 0 Å². The highest BCUT2D eigenvalue weighted by molar-refractivity contribution is 6.33. The van der Waals surface area contributed by atoms with Gasteiger partial charge in [0, 0.05) is 18.3 Å². The number of hydrogen-bond donors (Lipinski definition) is 2. The maximum atomic E-state index is 11.2. The fraction of sp³-hybridized carbons (Fsp3) is 0.0714. The highest BCUT2D eigenvalue weighted by Crippen LogP contribution is 2.37. The molecular weight excluding hydrogens is 294 g/mol. The average molecular weight is 306 g/mol. The highest BCUT2D eigenvalue weighted by atomic mass is 35.5. The van der Waals surface area contributed by atoms with Crippen LogP contribution in [0.15, 0.2) is 42.5 Å². The minimum absolute atomic E-state index is 0.0512. The number of hydrogen-bond acceptors (Lipinski definition) is 4. The van der Waals surface area contributed by atoms with E-state index in [1.807, 2.05) is 6.07 Å². The minimum atomic E-state index is -0.564. The topological polar surface area (TPSA) is 84.3 Å². The molecule has 0 radical (unpaired) electrons. The molecule has 0 aromatic heterocycles. The first-order chi connectivity index (χ1) is 9.97. The van der Waals surface area contributed by atoms with Gasteiger partial charge in [-0.25, -0.2) is 0 Å². The number of nitrogens with one attached hydrogen (secondary N) is 2. The summed E-state index contributed by atoms with van der Waals surface area (Å²) in [4.78, 5) is 21.7. The SMILES string of the molecule is CC(=O)Nc1cc(Cl)c([N+](=O)[O-])c(Nc2ccccc2)c1. The number of carbonyl (C=O) groups excluding carboxylic acids is 1. The van der Waals surface area contributed by atoms with Crippen molar-refractivity contribution in [2.75, 3.05) is 10.6 Å². The van der Waals surface area contributed by atoms with Gasteiger partial charge in [-0.1, -0.05) is 29.8 Å². The Morgan fingerprint density at radius 1 is 1.19 bits per heavy atom. The number of nitro groups is 1. The van der Waals surface area contributed by atoms with Crippen molar-refractivity contribution < 1.29 is 9.72 Å². The summed E-state index contributed by atoms with van der Waals surface area (Å²) in [5, 5.41) is 16.6. The van der Waals surface area contributed by atoms with E-state index >= 15 is 0 Å². The van der Waals surface area contributed by atoms with Gasteiger partial charge in [0.2, 0.25) is 5.91 Å². The molecule has 0 saturated carbocycles. The number of nitro benzene ring substituents is 1. The summed E-state index contributed by atoms with van der Waals surface area (Å²) >= 11 is 5.95. The van der Waals surface area contributed by atoms with Crippen molar-refractivity contribution in [3.8, 4) is 0 Å². The normalized spacial score (nSPS) is 10.0. The lowest BCUT2D eigenvalue weighted by Gasteiger charge is -2.11. The molecule has 0 aliphatic heterocycles. The van der Waals surface area contributed by atoms with Crippen LogP contribution in [-0.2, 0) is 4.79 Å². The highest BCUT2D eigenvalue weighted by Gasteiger charge is 2.20. The third kappa shape index (κ3) is 3.70. The van der Waals surface area contributed by atoms with Crippen LogP contribution in [0, 0.1) is 10.1 Å². The first kappa shape index (κ1) is 14.8. The van der Waals surface area contributed by atoms with E-state index in [1.165, 1.54) is 19.1 Å². The second-order valence-electron chi connectivity index (χ2n) is 4.28. The molecule has 2 N–H and O–H groups in total. The number of anilines is 3. The molecule has 2 aromatic carbocycles. The lowest BCUT2D eigenvalue weighted by Crippen LogP contribution is -2.07. The van der Waals surface area contributed by atoms with Gasteiger partial charge in [0.1, 0.15) is 10.7 Å². The lowest BCUT2D eigenvalue weighted by molar-refractivity contribution is -0.383. The summed E-state index contributed by atoms with van der Waals surface area (Å²) in [6, 6.07) is 11.8. The summed E-state index contributed by atoms with van der Waals surface area (Å²) in [5.41, 5.74) is 1.03. The fourth-order valence-corrected chi connectivity index (χ4v) is 2.12. The van der Waals surface area contributed by atoms with Gasteiger partial charge in [-0.2, -0.15) is 0 Å². The zero-order valence-electron chi connectivity index (χ0n) is 11.1. The molecule has 21 heavy (non-hydrogen) atoms. The standard InChI is InChI=1S/C14H12ClN3O3/c1-9(19)16-11-7-12(15)14(18(20)21)13(8-11)17-10-5-3-2-4-6-10/h2-8,17H,1H3,(H,16,19). The summed E-state index contributed by atoms with van der Waals surface area (Å²) in [6.45, 7) is 1.35. The number of nitrogens with zero attached hydrogens (tertiary/aromatic N) is 1. The molecule has 0 heterocycles. The number of benzene rings is 2. The number of para-hydroxylation sites is 1. The van der Waals surface area contributed by atoms with E-state index in [-0.39, 0.29) is 22.3 Å². The van der Waals surface area contributed by atoms with E-state index in [1.54, 1.807) is 24.3 Å². The van der Waals surface area contributed by atoms with Crippen LogP contribution in [0.5, 0.6) is 0 Å². The molecule has 0 fully saturated rings. The average Bonchev–Trinajstić information content (AvgIpc) is 2.37. The number of carbonyl (C=O) groups is 1. The zero-order valence-corrected chi connectivity index (χ0v) is 11.8. The van der Waals surface area contributed by atoms with E-state index < -0.39 is 4.92 Å². The predicted molar refractivity (Wildman–Crippen MR) is 82.1 cm³/mol. The molecule has 2 rings (SSSR count). The molecule has 0 atom stereocenters. The van der Waals surface area contributed by atoms with Crippen molar-refractivity contribution in [1.29, 1.82) is 0 Å². The molecular formula is C14H12ClN3O3. The summed E-state index contributed by atoms with van der Waals surface area (Å²) in [7, 11) is 0. The van der Waals surface area contributed by atoms with E-state index in [2.05, 4.69) is 10.6 Å². The molecule has 108 valence electrons. The van der Waals surface area contributed by atoms with Crippen LogP contribution in [0.25, 0.3) is 0 Å². The molecule has 6 nitrogen and oxygen atoms in total. The number of halogens is 1. The van der Waals surface area contributed by atoms with Gasteiger partial charge >= 0.3 is 5.69 Å². The van der Waals surface area contributed by atoms with E-state index in [4.69, 9.17) is 11.6 Å². The molecule has 0 aliphatic rings. The Bertz CT molecular complexity index is 689. The van der Waals surface area contributed by atoms with Crippen molar-refractivity contribution in [1.82, 2.24) is 0 Å². The molecule has 0 aliphatic carbocycles. The second kappa shape index (κ2) is 6.23. The Labute approximate surface area is 125 Å². The van der Waals surface area contributed by atoms with Crippen molar-refractivity contribution >= 4 is 40.3 Å². The van der Waals surface area contributed by atoms with E-state index in [0.29, 0.717) is 11.4 Å². The monoisotopic (exact) mass is 305 g/mol. The van der Waals surface area contributed by atoms with Crippen LogP contribution in [0.4, 0.5) is 22.7 Å². The summed E-state index contributed by atoms with van der Waals surface area (Å²) < 4.78 is 0. The molecule has 7 heteroatoms. The van der Waals surface area contributed by atoms with Gasteiger partial charge in [-0.3, -0.25) is 14.9 Å². The number of rotatable bonds is 4. The van der Waals surface area contributed by atoms with E-state index in [0.717, 1.165) is 0 Å². The Morgan fingerprint density at radius 3 is 2.43 bits per heavy atom. The van der Waals surface area contributed by atoms with Crippen molar-refractivity contribution in [2.24, 2.45) is 0 Å². The summed E-state index contributed by atoms with van der Waals surface area (Å²) in [5.74, 6) is -0.286. The van der Waals surface area contributed by atoms with Crippen LogP contribution in [0.3, 0.4) is 0 Å².